The van der Waals surface area contributed by atoms with E-state index >= 15 is 0 Å². The summed E-state index contributed by atoms with van der Waals surface area (Å²) in [4.78, 5) is 22.0. The standard InChI is InChI=1S/C16H24BNO6/c1-15(2,22)16(3,4)24-17(23)11-5-7-12(8-6-11)18-13(19)9-10-14(20)21/h5-8,22-23H,9-10H2,1-4H3,(H,18,19)(H,20,21). The van der Waals surface area contributed by atoms with Crippen molar-refractivity contribution in [3.05, 3.63) is 24.3 Å². The lowest BCUT2D eigenvalue weighted by Crippen LogP contribution is -2.53. The molecule has 0 radical (unpaired) electrons. The Morgan fingerprint density at radius 3 is 2.12 bits per heavy atom. The second-order valence-corrected chi connectivity index (χ2v) is 6.60. The smallest absolute Gasteiger partial charge is 0.481 e. The summed E-state index contributed by atoms with van der Waals surface area (Å²) in [6.45, 7) is 6.53. The minimum absolute atomic E-state index is 0.109. The van der Waals surface area contributed by atoms with Gasteiger partial charge in [-0.25, -0.2) is 0 Å². The molecule has 0 spiro atoms. The quantitative estimate of drug-likeness (QED) is 0.520. The number of carboxylic acid groups (broad SMARTS) is 1. The van der Waals surface area contributed by atoms with Crippen LogP contribution in [0.1, 0.15) is 40.5 Å². The molecule has 1 aromatic carbocycles. The van der Waals surface area contributed by atoms with E-state index < -0.39 is 30.2 Å². The zero-order valence-electron chi connectivity index (χ0n) is 14.4. The molecule has 0 bridgehead atoms. The lowest BCUT2D eigenvalue weighted by molar-refractivity contribution is -0.138. The molecule has 132 valence electrons. The Bertz CT molecular complexity index is 579. The molecule has 0 aromatic heterocycles. The summed E-state index contributed by atoms with van der Waals surface area (Å²) in [6, 6.07) is 6.32. The average Bonchev–Trinajstić information content (AvgIpc) is 2.44. The van der Waals surface area contributed by atoms with Gasteiger partial charge in [0.1, 0.15) is 0 Å². The van der Waals surface area contributed by atoms with Crippen molar-refractivity contribution in [1.29, 1.82) is 0 Å². The Balaban J connectivity index is 2.67. The van der Waals surface area contributed by atoms with Gasteiger partial charge in [-0.2, -0.15) is 0 Å². The van der Waals surface area contributed by atoms with Crippen molar-refractivity contribution in [2.24, 2.45) is 0 Å². The lowest BCUT2D eigenvalue weighted by atomic mass is 9.76. The highest BCUT2D eigenvalue weighted by Gasteiger charge is 2.39. The van der Waals surface area contributed by atoms with Crippen molar-refractivity contribution < 1.29 is 29.5 Å². The summed E-state index contributed by atoms with van der Waals surface area (Å²) in [5.41, 5.74) is -1.17. The predicted octanol–water partition coefficient (Wildman–Crippen LogP) is 0.743. The number of benzene rings is 1. The molecule has 1 aromatic rings. The number of carbonyl (C=O) groups is 2. The number of carbonyl (C=O) groups excluding carboxylic acids is 1. The van der Waals surface area contributed by atoms with Crippen LogP contribution >= 0.6 is 0 Å². The van der Waals surface area contributed by atoms with Crippen molar-refractivity contribution in [2.75, 3.05) is 5.32 Å². The molecule has 0 saturated carbocycles. The van der Waals surface area contributed by atoms with Crippen LogP contribution in [0.15, 0.2) is 24.3 Å². The number of hydrogen-bond acceptors (Lipinski definition) is 5. The number of amides is 1. The highest BCUT2D eigenvalue weighted by molar-refractivity contribution is 6.60. The number of nitrogens with one attached hydrogen (secondary N) is 1. The molecule has 0 saturated heterocycles. The van der Waals surface area contributed by atoms with Gasteiger partial charge in [0.2, 0.25) is 5.91 Å². The van der Waals surface area contributed by atoms with Crippen LogP contribution in [0.3, 0.4) is 0 Å². The summed E-state index contributed by atoms with van der Waals surface area (Å²) in [5, 5.41) is 31.3. The molecule has 0 heterocycles. The van der Waals surface area contributed by atoms with Crippen LogP contribution in [0.2, 0.25) is 0 Å². The third-order valence-corrected chi connectivity index (χ3v) is 3.93. The van der Waals surface area contributed by atoms with E-state index in [1.807, 2.05) is 0 Å². The van der Waals surface area contributed by atoms with Gasteiger partial charge in [0.15, 0.2) is 0 Å². The fourth-order valence-corrected chi connectivity index (χ4v) is 1.67. The van der Waals surface area contributed by atoms with Crippen LogP contribution in [-0.4, -0.2) is 45.4 Å². The largest absolute Gasteiger partial charge is 0.491 e. The summed E-state index contributed by atoms with van der Waals surface area (Å²) in [5.74, 6) is -1.43. The van der Waals surface area contributed by atoms with E-state index in [-0.39, 0.29) is 12.8 Å². The summed E-state index contributed by atoms with van der Waals surface area (Å²) < 4.78 is 5.53. The average molecular weight is 337 g/mol. The first-order valence-corrected chi connectivity index (χ1v) is 7.62. The molecule has 0 aliphatic heterocycles. The van der Waals surface area contributed by atoms with Gasteiger partial charge in [-0.1, -0.05) is 12.1 Å². The first-order chi connectivity index (χ1) is 10.9. The van der Waals surface area contributed by atoms with Gasteiger partial charge >= 0.3 is 13.1 Å². The maximum absolute atomic E-state index is 11.6. The Labute approximate surface area is 141 Å². The molecule has 7 nitrogen and oxygen atoms in total. The first-order valence-electron chi connectivity index (χ1n) is 7.62. The SMILES string of the molecule is CC(C)(O)C(C)(C)OB(O)c1ccc(NC(=O)CCC(=O)O)cc1. The van der Waals surface area contributed by atoms with E-state index in [2.05, 4.69) is 5.32 Å². The number of aliphatic hydroxyl groups is 1. The van der Waals surface area contributed by atoms with E-state index in [4.69, 9.17) is 9.76 Å². The van der Waals surface area contributed by atoms with Crippen LogP contribution in [0, 0.1) is 0 Å². The van der Waals surface area contributed by atoms with E-state index in [1.54, 1.807) is 52.0 Å². The Kier molecular flexibility index (Phi) is 6.54. The molecule has 8 heteroatoms. The third-order valence-electron chi connectivity index (χ3n) is 3.93. The second-order valence-electron chi connectivity index (χ2n) is 6.60. The number of hydrogen-bond donors (Lipinski definition) is 4. The fourth-order valence-electron chi connectivity index (χ4n) is 1.67. The molecule has 24 heavy (non-hydrogen) atoms. The van der Waals surface area contributed by atoms with Crippen LogP contribution in [-0.2, 0) is 14.2 Å². The van der Waals surface area contributed by atoms with Crippen molar-refractivity contribution in [2.45, 2.75) is 51.7 Å². The van der Waals surface area contributed by atoms with Crippen LogP contribution in [0.4, 0.5) is 5.69 Å². The molecule has 0 unspecified atom stereocenters. The van der Waals surface area contributed by atoms with Gasteiger partial charge in [0, 0.05) is 12.1 Å². The molecule has 1 amide bonds. The minimum Gasteiger partial charge on any atom is -0.481 e. The number of aliphatic carboxylic acids is 1. The van der Waals surface area contributed by atoms with E-state index in [0.29, 0.717) is 11.2 Å². The van der Waals surface area contributed by atoms with Crippen LogP contribution < -0.4 is 10.8 Å². The van der Waals surface area contributed by atoms with E-state index in [1.165, 1.54) is 0 Å². The highest BCUT2D eigenvalue weighted by atomic mass is 16.5. The van der Waals surface area contributed by atoms with Gasteiger partial charge in [-0.3, -0.25) is 9.59 Å². The minimum atomic E-state index is -1.23. The van der Waals surface area contributed by atoms with Crippen molar-refractivity contribution in [1.82, 2.24) is 0 Å². The van der Waals surface area contributed by atoms with Gasteiger partial charge < -0.3 is 25.2 Å². The summed E-state index contributed by atoms with van der Waals surface area (Å²) in [6.07, 6.45) is -0.342. The van der Waals surface area contributed by atoms with E-state index in [9.17, 15) is 19.7 Å². The van der Waals surface area contributed by atoms with Gasteiger partial charge in [-0.15, -0.1) is 0 Å². The van der Waals surface area contributed by atoms with Gasteiger partial charge in [0.05, 0.1) is 17.6 Å². The molecule has 0 atom stereocenters. The normalized spacial score (nSPS) is 11.9. The Morgan fingerprint density at radius 2 is 1.67 bits per heavy atom. The first kappa shape index (κ1) is 20.2. The molecule has 0 aliphatic carbocycles. The Hall–Kier alpha value is -1.90. The van der Waals surface area contributed by atoms with Crippen LogP contribution in [0.5, 0.6) is 0 Å². The monoisotopic (exact) mass is 337 g/mol. The maximum atomic E-state index is 11.6. The maximum Gasteiger partial charge on any atom is 0.491 e. The zero-order chi connectivity index (χ0) is 18.5. The summed E-state index contributed by atoms with van der Waals surface area (Å²) >= 11 is 0. The molecule has 1 rings (SSSR count). The van der Waals surface area contributed by atoms with Gasteiger partial charge in [0.25, 0.3) is 0 Å². The molecular weight excluding hydrogens is 313 g/mol. The summed E-state index contributed by atoms with van der Waals surface area (Å²) in [7, 11) is -1.23. The third kappa shape index (κ3) is 5.95. The van der Waals surface area contributed by atoms with Crippen molar-refractivity contribution in [3.63, 3.8) is 0 Å². The number of anilines is 1. The molecule has 0 aliphatic rings. The molecule has 0 fully saturated rings. The Morgan fingerprint density at radius 1 is 1.12 bits per heavy atom. The van der Waals surface area contributed by atoms with E-state index in [0.717, 1.165) is 0 Å². The van der Waals surface area contributed by atoms with Crippen LogP contribution in [0.25, 0.3) is 0 Å². The highest BCUT2D eigenvalue weighted by Crippen LogP contribution is 2.25. The predicted molar refractivity (Wildman–Crippen MR) is 91.0 cm³/mol. The van der Waals surface area contributed by atoms with Crippen molar-refractivity contribution in [3.8, 4) is 0 Å². The topological polar surface area (TPSA) is 116 Å². The van der Waals surface area contributed by atoms with Crippen molar-refractivity contribution >= 4 is 30.1 Å². The number of rotatable bonds is 8. The zero-order valence-corrected chi connectivity index (χ0v) is 14.4. The molecular formula is C16H24BNO6. The van der Waals surface area contributed by atoms with Gasteiger partial charge in [-0.05, 0) is 45.3 Å². The lowest BCUT2D eigenvalue weighted by Gasteiger charge is -2.38. The second kappa shape index (κ2) is 7.78. The number of carboxylic acids is 1. The fraction of sp³-hybridized carbons (Fsp3) is 0.500. The molecule has 4 N–H and O–H groups in total.